The fourth-order valence-corrected chi connectivity index (χ4v) is 6.57. The number of alkyl carbamates (subject to hydrolysis) is 1. The van der Waals surface area contributed by atoms with Crippen LogP contribution in [0.15, 0.2) is 23.2 Å². The molecule has 4 rings (SSSR count). The zero-order valence-electron chi connectivity index (χ0n) is 22.7. The second-order valence-corrected chi connectivity index (χ2v) is 12.7. The number of nitrogens with one attached hydrogen (secondary N) is 1. The van der Waals surface area contributed by atoms with Crippen molar-refractivity contribution in [3.63, 3.8) is 0 Å². The van der Waals surface area contributed by atoms with E-state index in [4.69, 9.17) is 9.73 Å². The second kappa shape index (κ2) is 8.80. The van der Waals surface area contributed by atoms with Crippen molar-refractivity contribution >= 4 is 18.0 Å². The number of hydrogen-bond acceptors (Lipinski definition) is 6. The van der Waals surface area contributed by atoms with Crippen LogP contribution < -0.4 is 5.32 Å². The van der Waals surface area contributed by atoms with Crippen molar-refractivity contribution in [2.45, 2.75) is 90.6 Å². The van der Waals surface area contributed by atoms with Gasteiger partial charge in [0.25, 0.3) is 5.91 Å². The number of hydrogen-bond donors (Lipinski definition) is 2. The number of aliphatic hydroxyl groups is 1. The van der Waals surface area contributed by atoms with Crippen LogP contribution in [0.4, 0.5) is 9.18 Å². The molecule has 2 aliphatic carbocycles. The molecule has 37 heavy (non-hydrogen) atoms. The van der Waals surface area contributed by atoms with E-state index in [9.17, 15) is 20.0 Å². The Hall–Kier alpha value is -2.99. The van der Waals surface area contributed by atoms with Gasteiger partial charge >= 0.3 is 6.09 Å². The lowest BCUT2D eigenvalue weighted by molar-refractivity contribution is -0.142. The molecule has 2 amide bonds. The molecule has 1 heterocycles. The van der Waals surface area contributed by atoms with Gasteiger partial charge in [-0.25, -0.2) is 14.2 Å². The van der Waals surface area contributed by atoms with Gasteiger partial charge in [-0.15, -0.1) is 0 Å². The highest BCUT2D eigenvalue weighted by atomic mass is 19.1. The Kier molecular flexibility index (Phi) is 6.43. The van der Waals surface area contributed by atoms with Crippen LogP contribution in [0, 0.1) is 28.6 Å². The summed E-state index contributed by atoms with van der Waals surface area (Å²) >= 11 is 0. The van der Waals surface area contributed by atoms with Crippen LogP contribution in [-0.2, 0) is 21.5 Å². The maximum atomic E-state index is 15.0. The summed E-state index contributed by atoms with van der Waals surface area (Å²) in [5.74, 6) is -0.718. The summed E-state index contributed by atoms with van der Waals surface area (Å²) in [7, 11) is 0. The normalized spacial score (nSPS) is 31.4. The highest BCUT2D eigenvalue weighted by Crippen LogP contribution is 2.63. The maximum Gasteiger partial charge on any atom is 0.414 e. The summed E-state index contributed by atoms with van der Waals surface area (Å²) in [6.45, 7) is 11.5. The number of aliphatic hydroxyl groups excluding tert-OH is 1. The molecule has 0 bridgehead atoms. The van der Waals surface area contributed by atoms with E-state index in [1.165, 1.54) is 18.7 Å². The summed E-state index contributed by atoms with van der Waals surface area (Å²) in [6, 6.07) is 7.43. The first-order valence-corrected chi connectivity index (χ1v) is 12.8. The second-order valence-electron chi connectivity index (χ2n) is 12.7. The molecule has 1 aromatic carbocycles. The predicted molar refractivity (Wildman–Crippen MR) is 136 cm³/mol. The van der Waals surface area contributed by atoms with E-state index in [-0.39, 0.29) is 24.3 Å². The van der Waals surface area contributed by atoms with Gasteiger partial charge in [-0.05, 0) is 89.0 Å². The molecule has 2 spiro atoms. The molecule has 1 aromatic rings. The minimum Gasteiger partial charge on any atom is -0.444 e. The lowest BCUT2D eigenvalue weighted by Gasteiger charge is -2.49. The number of nitrogens with zero attached hydrogens (tertiary/aromatic N) is 3. The minimum absolute atomic E-state index is 0.0639. The number of rotatable bonds is 2. The topological polar surface area (TPSA) is 115 Å². The van der Waals surface area contributed by atoms with E-state index in [0.717, 1.165) is 5.56 Å². The summed E-state index contributed by atoms with van der Waals surface area (Å²) in [5.41, 5.74) is -2.85. The molecule has 2 N–H and O–H groups in total. The first-order chi connectivity index (χ1) is 17.0. The van der Waals surface area contributed by atoms with Crippen molar-refractivity contribution in [2.24, 2.45) is 22.2 Å². The molecule has 3 unspecified atom stereocenters. The third-order valence-electron chi connectivity index (χ3n) is 7.75. The zero-order valence-corrected chi connectivity index (χ0v) is 22.7. The molecule has 9 heteroatoms. The summed E-state index contributed by atoms with van der Waals surface area (Å²) in [4.78, 5) is 33.5. The number of aliphatic imine (C=N–C) groups is 1. The molecule has 0 radical (unpaired) electrons. The fourth-order valence-electron chi connectivity index (χ4n) is 6.57. The maximum absolute atomic E-state index is 15.0. The van der Waals surface area contributed by atoms with Crippen LogP contribution >= 0.6 is 0 Å². The molecule has 0 saturated heterocycles. The van der Waals surface area contributed by atoms with Gasteiger partial charge in [-0.2, -0.15) is 5.26 Å². The van der Waals surface area contributed by atoms with Gasteiger partial charge in [0, 0.05) is 5.41 Å². The Morgan fingerprint density at radius 1 is 1.27 bits per heavy atom. The predicted octanol–water partition coefficient (Wildman–Crippen LogP) is 4.19. The number of amides is 2. The van der Waals surface area contributed by atoms with Crippen LogP contribution in [0.1, 0.15) is 78.0 Å². The number of benzene rings is 1. The van der Waals surface area contributed by atoms with Crippen LogP contribution in [0.25, 0.3) is 0 Å². The van der Waals surface area contributed by atoms with Crippen molar-refractivity contribution in [1.29, 1.82) is 5.26 Å². The third-order valence-corrected chi connectivity index (χ3v) is 7.75. The van der Waals surface area contributed by atoms with Gasteiger partial charge in [-0.1, -0.05) is 19.9 Å². The van der Waals surface area contributed by atoms with Crippen LogP contribution in [-0.4, -0.2) is 51.9 Å². The molecular weight excluding hydrogens is 475 g/mol. The van der Waals surface area contributed by atoms with E-state index >= 15 is 4.39 Å². The van der Waals surface area contributed by atoms with E-state index in [2.05, 4.69) is 11.4 Å². The Balaban J connectivity index is 1.92. The van der Waals surface area contributed by atoms with Gasteiger partial charge in [0.2, 0.25) is 5.96 Å². The quantitative estimate of drug-likeness (QED) is 0.617. The van der Waals surface area contributed by atoms with Crippen molar-refractivity contribution < 1.29 is 23.8 Å². The average Bonchev–Trinajstić information content (AvgIpc) is 3.16. The Bertz CT molecular complexity index is 1180. The highest BCUT2D eigenvalue weighted by molar-refractivity contribution is 6.12. The number of guanidine groups is 1. The van der Waals surface area contributed by atoms with Gasteiger partial charge < -0.3 is 9.84 Å². The number of carbonyl (C=O) groups is 2. The number of ether oxygens (including phenoxy) is 1. The van der Waals surface area contributed by atoms with Crippen molar-refractivity contribution in [1.82, 2.24) is 10.2 Å². The van der Waals surface area contributed by atoms with Gasteiger partial charge in [0.1, 0.15) is 11.3 Å². The van der Waals surface area contributed by atoms with E-state index in [0.29, 0.717) is 30.4 Å². The van der Waals surface area contributed by atoms with E-state index in [1.807, 2.05) is 19.9 Å². The minimum atomic E-state index is -1.77. The fraction of sp³-hybridized carbons (Fsp3) is 0.643. The number of halogens is 1. The summed E-state index contributed by atoms with van der Waals surface area (Å²) < 4.78 is 20.4. The molecule has 1 aliphatic heterocycles. The van der Waals surface area contributed by atoms with Crippen molar-refractivity contribution in [2.75, 3.05) is 6.54 Å². The average molecular weight is 513 g/mol. The summed E-state index contributed by atoms with van der Waals surface area (Å²) in [6.07, 6.45) is 0.226. The lowest BCUT2D eigenvalue weighted by Crippen LogP contribution is -2.56. The first-order valence-electron chi connectivity index (χ1n) is 12.8. The number of carbonyl (C=O) groups excluding carboxylic acids is 2. The Morgan fingerprint density at radius 2 is 1.89 bits per heavy atom. The Labute approximate surface area is 217 Å². The van der Waals surface area contributed by atoms with Gasteiger partial charge in [0.05, 0.1) is 24.3 Å². The SMILES string of the molecule is CC1CC2(Cc3ccc(C#N)cc3C23N=C(NC(=O)OC(C)(C)C)N(CC(C)(C)F)C3=O)CC(C)C1O. The van der Waals surface area contributed by atoms with Crippen molar-refractivity contribution in [3.8, 4) is 6.07 Å². The van der Waals surface area contributed by atoms with Gasteiger partial charge in [-0.3, -0.25) is 15.0 Å². The van der Waals surface area contributed by atoms with E-state index in [1.54, 1.807) is 32.9 Å². The largest absolute Gasteiger partial charge is 0.444 e. The summed E-state index contributed by atoms with van der Waals surface area (Å²) in [5, 5.41) is 23.0. The zero-order chi connectivity index (χ0) is 27.6. The molecule has 3 aliphatic rings. The first kappa shape index (κ1) is 27.1. The number of alkyl halides is 1. The number of fused-ring (bicyclic) bond motifs is 3. The lowest BCUT2D eigenvalue weighted by atomic mass is 9.56. The monoisotopic (exact) mass is 512 g/mol. The van der Waals surface area contributed by atoms with Crippen molar-refractivity contribution in [3.05, 3.63) is 34.9 Å². The molecule has 1 fully saturated rings. The molecule has 8 nitrogen and oxygen atoms in total. The smallest absolute Gasteiger partial charge is 0.414 e. The van der Waals surface area contributed by atoms with Crippen LogP contribution in [0.2, 0.25) is 0 Å². The third kappa shape index (κ3) is 4.61. The molecule has 200 valence electrons. The molecule has 1 saturated carbocycles. The number of nitriles is 1. The molecular formula is C28H37FN4O4. The molecule has 3 atom stereocenters. The Morgan fingerprint density at radius 3 is 2.43 bits per heavy atom. The standard InChI is InChI=1S/C28H37FN4O4/c1-16-11-27(12-17(2)21(16)34)13-19-9-8-18(14-30)10-20(19)28(27)22(35)33(15-26(6,7)29)23(32-28)31-24(36)37-25(3,4)5/h8-10,16-17,21,34H,11-13,15H2,1-7H3,(H,31,32,36). The van der Waals surface area contributed by atoms with Crippen LogP contribution in [0.3, 0.4) is 0 Å². The van der Waals surface area contributed by atoms with Crippen LogP contribution in [0.5, 0.6) is 0 Å². The molecule has 0 aromatic heterocycles. The van der Waals surface area contributed by atoms with Gasteiger partial charge in [0.15, 0.2) is 5.54 Å². The highest BCUT2D eigenvalue weighted by Gasteiger charge is 2.68. The van der Waals surface area contributed by atoms with E-state index < -0.39 is 40.3 Å².